The summed E-state index contributed by atoms with van der Waals surface area (Å²) < 4.78 is 16.1. The van der Waals surface area contributed by atoms with Gasteiger partial charge in [0.15, 0.2) is 11.5 Å². The van der Waals surface area contributed by atoms with E-state index in [2.05, 4.69) is 37.6 Å². The summed E-state index contributed by atoms with van der Waals surface area (Å²) in [6, 6.07) is 8.29. The number of likely N-dealkylation sites (tertiary alicyclic amines) is 2. The van der Waals surface area contributed by atoms with Crippen molar-refractivity contribution < 1.29 is 33.4 Å². The number of hydrogen-bond acceptors (Lipinski definition) is 10. The lowest BCUT2D eigenvalue weighted by Crippen LogP contribution is -2.51. The first-order chi connectivity index (χ1) is 28.0. The second kappa shape index (κ2) is 15.7. The molecule has 2 saturated heterocycles. The fraction of sp³-hybridized carbons (Fsp3) is 0.476. The molecule has 4 aliphatic heterocycles. The smallest absolute Gasteiger partial charge is 0.407 e. The van der Waals surface area contributed by atoms with Crippen LogP contribution in [-0.4, -0.2) is 99.7 Å². The van der Waals surface area contributed by atoms with Gasteiger partial charge in [0, 0.05) is 30.8 Å². The predicted molar refractivity (Wildman–Crippen MR) is 215 cm³/mol. The molecule has 4 amide bonds. The molecule has 16 heteroatoms. The molecule has 4 aliphatic rings. The zero-order valence-electron chi connectivity index (χ0n) is 33.8. The van der Waals surface area contributed by atoms with Crippen LogP contribution in [0.4, 0.5) is 21.0 Å². The van der Waals surface area contributed by atoms with E-state index in [-0.39, 0.29) is 35.7 Å². The number of amides is 4. The Kier molecular flexibility index (Phi) is 10.5. The number of alkyl carbamates (subject to hydrolysis) is 2. The first kappa shape index (κ1) is 38.8. The molecule has 2 aromatic carbocycles. The van der Waals surface area contributed by atoms with E-state index in [0.29, 0.717) is 24.7 Å². The summed E-state index contributed by atoms with van der Waals surface area (Å²) in [5.41, 5.74) is 6.79. The maximum absolute atomic E-state index is 13.7. The molecule has 0 aliphatic carbocycles. The number of nitrogens with zero attached hydrogens (tertiary/aromatic N) is 5. The van der Waals surface area contributed by atoms with Crippen LogP contribution in [0.25, 0.3) is 22.5 Å². The topological polar surface area (TPSA) is 187 Å². The van der Waals surface area contributed by atoms with Gasteiger partial charge < -0.3 is 49.5 Å². The number of methoxy groups -OCH3 is 2. The van der Waals surface area contributed by atoms with Crippen molar-refractivity contribution in [3.8, 4) is 34.0 Å². The summed E-state index contributed by atoms with van der Waals surface area (Å²) in [6.45, 7) is 9.53. The van der Waals surface area contributed by atoms with Crippen molar-refractivity contribution in [3.05, 3.63) is 59.9 Å². The molecule has 4 atom stereocenters. The first-order valence-electron chi connectivity index (χ1n) is 20.1. The summed E-state index contributed by atoms with van der Waals surface area (Å²) in [7, 11) is 2.58. The third-order valence-electron chi connectivity index (χ3n) is 11.8. The summed E-state index contributed by atoms with van der Waals surface area (Å²) >= 11 is 0. The van der Waals surface area contributed by atoms with Gasteiger partial charge in [-0.1, -0.05) is 27.7 Å². The molecule has 0 unspecified atom stereocenters. The van der Waals surface area contributed by atoms with Crippen LogP contribution in [0.2, 0.25) is 0 Å². The third-order valence-corrected chi connectivity index (χ3v) is 11.8. The molecule has 2 aromatic heterocycles. The maximum Gasteiger partial charge on any atom is 0.407 e. The molecular formula is C42H51N9O7. The second-order valence-electron chi connectivity index (χ2n) is 16.1. The number of rotatable bonds is 10. The molecule has 0 saturated carbocycles. The van der Waals surface area contributed by atoms with Crippen LogP contribution in [0.5, 0.6) is 11.5 Å². The highest BCUT2D eigenvalue weighted by Crippen LogP contribution is 2.54. The number of carbonyl (C=O) groups excluding carboxylic acids is 4. The highest BCUT2D eigenvalue weighted by molar-refractivity contribution is 5.90. The average Bonchev–Trinajstić information content (AvgIpc) is 4.07. The van der Waals surface area contributed by atoms with E-state index in [0.717, 1.165) is 89.6 Å². The van der Waals surface area contributed by atoms with Crippen LogP contribution in [0.15, 0.2) is 42.7 Å². The second-order valence-corrected chi connectivity index (χ2v) is 16.1. The summed E-state index contributed by atoms with van der Waals surface area (Å²) in [4.78, 5) is 74.0. The monoisotopic (exact) mass is 793 g/mol. The Balaban J connectivity index is 1.01. The number of aromatic amines is 2. The first-order valence-corrected chi connectivity index (χ1v) is 20.1. The van der Waals surface area contributed by atoms with E-state index in [1.165, 1.54) is 14.2 Å². The van der Waals surface area contributed by atoms with Gasteiger partial charge in [-0.05, 0) is 79.8 Å². The van der Waals surface area contributed by atoms with Crippen LogP contribution in [-0.2, 0) is 25.5 Å². The van der Waals surface area contributed by atoms with Gasteiger partial charge in [0.05, 0.1) is 61.5 Å². The van der Waals surface area contributed by atoms with E-state index in [4.69, 9.17) is 24.2 Å². The van der Waals surface area contributed by atoms with Crippen LogP contribution in [0.3, 0.4) is 0 Å². The van der Waals surface area contributed by atoms with Gasteiger partial charge in [0.1, 0.15) is 23.7 Å². The predicted octanol–water partition coefficient (Wildman–Crippen LogP) is 6.35. The minimum Gasteiger partial charge on any atom is -0.453 e. The molecule has 0 spiro atoms. The van der Waals surface area contributed by atoms with Crippen molar-refractivity contribution >= 4 is 35.4 Å². The molecule has 6 heterocycles. The number of carbonyl (C=O) groups is 4. The van der Waals surface area contributed by atoms with Crippen LogP contribution >= 0.6 is 0 Å². The van der Waals surface area contributed by atoms with E-state index < -0.39 is 24.3 Å². The van der Waals surface area contributed by atoms with Gasteiger partial charge in [0.25, 0.3) is 0 Å². The largest absolute Gasteiger partial charge is 0.453 e. The van der Waals surface area contributed by atoms with Gasteiger partial charge in [-0.25, -0.2) is 19.6 Å². The molecule has 306 valence electrons. The Morgan fingerprint density at radius 2 is 1.31 bits per heavy atom. The number of aromatic nitrogens is 4. The number of fused-ring (bicyclic) bond motifs is 2. The molecule has 0 radical (unpaired) electrons. The van der Waals surface area contributed by atoms with Crippen molar-refractivity contribution in [3.63, 3.8) is 0 Å². The van der Waals surface area contributed by atoms with E-state index in [1.807, 2.05) is 68.1 Å². The van der Waals surface area contributed by atoms with E-state index in [1.54, 1.807) is 0 Å². The Morgan fingerprint density at radius 1 is 0.759 bits per heavy atom. The standard InChI is InChI=1S/C42H51N9O7/c1-22(2)34(47-41(54)56-5)39(52)50-16-7-9-29(50)37-43-20-27(45-37)24-11-13-32-31(19-24)49-18-15-26-25(12-14-33(58-32)36(26)49)28-21-44-38(46-28)30-10-8-17-51(30)40(53)35(23(3)4)48-42(55)57-6/h11-14,19-23,29-30,34-35H,7-10,15-18H2,1-6H3,(H,43,45)(H,44,46)(H,47,54)(H,48,55)/t29-,30-,34-,35-/m0/s1. The zero-order chi connectivity index (χ0) is 40.8. The Labute approximate surface area is 337 Å². The van der Waals surface area contributed by atoms with Crippen molar-refractivity contribution in [1.82, 2.24) is 40.4 Å². The molecular weight excluding hydrogens is 743 g/mol. The van der Waals surface area contributed by atoms with Gasteiger partial charge in [-0.15, -0.1) is 0 Å². The van der Waals surface area contributed by atoms with Gasteiger partial charge in [-0.3, -0.25) is 9.59 Å². The number of H-pyrrole nitrogens is 2. The van der Waals surface area contributed by atoms with Gasteiger partial charge in [0.2, 0.25) is 11.8 Å². The minimum absolute atomic E-state index is 0.120. The fourth-order valence-electron chi connectivity index (χ4n) is 8.86. The summed E-state index contributed by atoms with van der Waals surface area (Å²) in [6.07, 6.45) is 6.38. The van der Waals surface area contributed by atoms with E-state index in [9.17, 15) is 19.2 Å². The molecule has 8 rings (SSSR count). The quantitative estimate of drug-likeness (QED) is 0.141. The normalized spacial score (nSPS) is 19.1. The van der Waals surface area contributed by atoms with Crippen molar-refractivity contribution in [2.75, 3.05) is 38.8 Å². The highest BCUT2D eigenvalue weighted by Gasteiger charge is 2.40. The minimum atomic E-state index is -0.707. The van der Waals surface area contributed by atoms with Crippen molar-refractivity contribution in [2.24, 2.45) is 11.8 Å². The summed E-state index contributed by atoms with van der Waals surface area (Å²) in [5.74, 6) is 2.43. The van der Waals surface area contributed by atoms with E-state index >= 15 is 0 Å². The van der Waals surface area contributed by atoms with Crippen LogP contribution in [0, 0.1) is 11.8 Å². The Morgan fingerprint density at radius 3 is 1.88 bits per heavy atom. The average molecular weight is 794 g/mol. The lowest BCUT2D eigenvalue weighted by molar-refractivity contribution is -0.136. The lowest BCUT2D eigenvalue weighted by atomic mass is 10.0. The Hall–Kier alpha value is -6.06. The number of ether oxygens (including phenoxy) is 3. The molecule has 0 bridgehead atoms. The SMILES string of the molecule is COC(=O)N[C@H](C(=O)N1CCC[C@H]1c1ncc(-c2ccc3c(c2)N2CCc4c(-c5cnc([C@@H]6CCCN6C(=O)[C@@H](NC(=O)OC)C(C)C)[nH]5)ccc(c42)O3)[nH]1)C(C)C. The van der Waals surface area contributed by atoms with Gasteiger partial charge in [-0.2, -0.15) is 0 Å². The Bertz CT molecular complexity index is 2230. The zero-order valence-corrected chi connectivity index (χ0v) is 33.8. The van der Waals surface area contributed by atoms with Crippen LogP contribution < -0.4 is 20.3 Å². The number of anilines is 2. The number of hydrogen-bond donors (Lipinski definition) is 4. The molecule has 16 nitrogen and oxygen atoms in total. The maximum atomic E-state index is 13.7. The fourth-order valence-corrected chi connectivity index (χ4v) is 8.86. The number of nitrogens with one attached hydrogen (secondary N) is 4. The molecule has 4 N–H and O–H groups in total. The molecule has 2 fully saturated rings. The van der Waals surface area contributed by atoms with Gasteiger partial charge >= 0.3 is 12.2 Å². The number of imidazole rings is 2. The molecule has 58 heavy (non-hydrogen) atoms. The summed E-state index contributed by atoms with van der Waals surface area (Å²) in [5, 5.41) is 5.42. The van der Waals surface area contributed by atoms with Crippen molar-refractivity contribution in [1.29, 1.82) is 0 Å². The third kappa shape index (κ3) is 6.98. The molecule has 4 aromatic rings. The van der Waals surface area contributed by atoms with Crippen molar-refractivity contribution in [2.45, 2.75) is 84.0 Å². The number of benzene rings is 2. The van der Waals surface area contributed by atoms with Crippen LogP contribution in [0.1, 0.15) is 82.7 Å². The highest BCUT2D eigenvalue weighted by atomic mass is 16.5. The lowest BCUT2D eigenvalue weighted by Gasteiger charge is -2.30.